The number of carbonyl (C=O) groups excluding carboxylic acids is 3. The van der Waals surface area contributed by atoms with Crippen molar-refractivity contribution in [1.29, 1.82) is 0 Å². The van der Waals surface area contributed by atoms with Crippen LogP contribution in [0.4, 0.5) is 14.5 Å². The average Bonchev–Trinajstić information content (AvgIpc) is 2.62. The molecule has 0 saturated carbocycles. The minimum absolute atomic E-state index is 0.170. The van der Waals surface area contributed by atoms with Crippen molar-refractivity contribution >= 4 is 23.5 Å². The molecule has 1 atom stereocenters. The van der Waals surface area contributed by atoms with Crippen LogP contribution in [0.25, 0.3) is 0 Å². The zero-order valence-corrected chi connectivity index (χ0v) is 14.7. The van der Waals surface area contributed by atoms with Gasteiger partial charge in [-0.2, -0.15) is 0 Å². The summed E-state index contributed by atoms with van der Waals surface area (Å²) in [5.74, 6) is -3.36. The molecule has 2 rings (SSSR count). The fourth-order valence-corrected chi connectivity index (χ4v) is 2.09. The minimum Gasteiger partial charge on any atom is -0.449 e. The third-order valence-corrected chi connectivity index (χ3v) is 3.57. The Balaban J connectivity index is 1.93. The number of halogens is 2. The maximum Gasteiger partial charge on any atom is 0.338 e. The number of hydrogen-bond donors (Lipinski definition) is 2. The lowest BCUT2D eigenvalue weighted by molar-refractivity contribution is -0.123. The van der Waals surface area contributed by atoms with E-state index in [0.29, 0.717) is 12.6 Å². The van der Waals surface area contributed by atoms with E-state index in [1.54, 1.807) is 12.1 Å². The molecule has 6 nitrogen and oxygen atoms in total. The van der Waals surface area contributed by atoms with Gasteiger partial charge in [0.25, 0.3) is 5.91 Å². The summed E-state index contributed by atoms with van der Waals surface area (Å²) in [4.78, 5) is 35.0. The predicted octanol–water partition coefficient (Wildman–Crippen LogP) is 2.78. The van der Waals surface area contributed by atoms with Crippen LogP contribution in [0.3, 0.4) is 0 Å². The number of rotatable bonds is 6. The van der Waals surface area contributed by atoms with Crippen molar-refractivity contribution in [2.75, 3.05) is 5.32 Å². The van der Waals surface area contributed by atoms with Gasteiger partial charge in [0.1, 0.15) is 11.6 Å². The number of carbonyl (C=O) groups is 3. The van der Waals surface area contributed by atoms with E-state index in [9.17, 15) is 23.2 Å². The standard InChI is InChI=1S/C19H18F2N2O4/c1-11(18(25)23-17-8-7-15(20)9-16(17)21)27-19(26)14-5-3-13(4-6-14)10-22-12(2)24/h3-9,11H,10H2,1-2H3,(H,22,24)(H,23,25). The number of anilines is 1. The van der Waals surface area contributed by atoms with Crippen LogP contribution in [-0.4, -0.2) is 23.9 Å². The maximum atomic E-state index is 13.6. The highest BCUT2D eigenvalue weighted by Gasteiger charge is 2.20. The van der Waals surface area contributed by atoms with Crippen LogP contribution in [0, 0.1) is 11.6 Å². The highest BCUT2D eigenvalue weighted by atomic mass is 19.1. The third kappa shape index (κ3) is 5.88. The van der Waals surface area contributed by atoms with Gasteiger partial charge in [0.05, 0.1) is 11.3 Å². The Hall–Kier alpha value is -3.29. The van der Waals surface area contributed by atoms with Crippen LogP contribution in [0.5, 0.6) is 0 Å². The Labute approximate surface area is 154 Å². The summed E-state index contributed by atoms with van der Waals surface area (Å²) >= 11 is 0. The van der Waals surface area contributed by atoms with E-state index in [2.05, 4.69) is 10.6 Å². The van der Waals surface area contributed by atoms with E-state index in [1.807, 2.05) is 0 Å². The van der Waals surface area contributed by atoms with Gasteiger partial charge in [-0.05, 0) is 36.8 Å². The Morgan fingerprint density at radius 3 is 2.33 bits per heavy atom. The Bertz CT molecular complexity index is 853. The number of nitrogens with one attached hydrogen (secondary N) is 2. The molecule has 2 amide bonds. The number of hydrogen-bond acceptors (Lipinski definition) is 4. The molecule has 2 aromatic carbocycles. The van der Waals surface area contributed by atoms with Crippen LogP contribution in [0.2, 0.25) is 0 Å². The third-order valence-electron chi connectivity index (χ3n) is 3.57. The van der Waals surface area contributed by atoms with Crippen molar-refractivity contribution in [3.8, 4) is 0 Å². The molecule has 0 aromatic heterocycles. The number of amides is 2. The van der Waals surface area contributed by atoms with Gasteiger partial charge < -0.3 is 15.4 Å². The number of ether oxygens (including phenoxy) is 1. The zero-order valence-electron chi connectivity index (χ0n) is 14.7. The average molecular weight is 376 g/mol. The van der Waals surface area contributed by atoms with Crippen molar-refractivity contribution in [3.05, 3.63) is 65.2 Å². The lowest BCUT2D eigenvalue weighted by Gasteiger charge is -2.14. The van der Waals surface area contributed by atoms with Gasteiger partial charge in [-0.15, -0.1) is 0 Å². The van der Waals surface area contributed by atoms with Crippen molar-refractivity contribution in [2.45, 2.75) is 26.5 Å². The van der Waals surface area contributed by atoms with E-state index in [0.717, 1.165) is 17.7 Å². The van der Waals surface area contributed by atoms with E-state index >= 15 is 0 Å². The molecule has 0 saturated heterocycles. The first kappa shape index (κ1) is 20.0. The quantitative estimate of drug-likeness (QED) is 0.760. The van der Waals surface area contributed by atoms with Crippen molar-refractivity contribution in [3.63, 3.8) is 0 Å². The Morgan fingerprint density at radius 1 is 1.07 bits per heavy atom. The second-order valence-electron chi connectivity index (χ2n) is 5.77. The first-order valence-corrected chi connectivity index (χ1v) is 8.06. The molecular formula is C19H18F2N2O4. The van der Waals surface area contributed by atoms with Gasteiger partial charge in [-0.25, -0.2) is 13.6 Å². The van der Waals surface area contributed by atoms with Crippen LogP contribution < -0.4 is 10.6 Å². The molecule has 0 heterocycles. The summed E-state index contributed by atoms with van der Waals surface area (Å²) in [6.07, 6.45) is -1.19. The van der Waals surface area contributed by atoms with Gasteiger partial charge >= 0.3 is 5.97 Å². The van der Waals surface area contributed by atoms with Gasteiger partial charge in [-0.3, -0.25) is 9.59 Å². The summed E-state index contributed by atoms with van der Waals surface area (Å²) in [5.41, 5.74) is 0.792. The zero-order chi connectivity index (χ0) is 20.0. The van der Waals surface area contributed by atoms with Gasteiger partial charge in [0.15, 0.2) is 6.10 Å². The molecule has 0 spiro atoms. The fourth-order valence-electron chi connectivity index (χ4n) is 2.09. The van der Waals surface area contributed by atoms with Crippen LogP contribution in [-0.2, 0) is 20.9 Å². The van der Waals surface area contributed by atoms with Gasteiger partial charge in [-0.1, -0.05) is 12.1 Å². The van der Waals surface area contributed by atoms with Crippen LogP contribution in [0.1, 0.15) is 29.8 Å². The largest absolute Gasteiger partial charge is 0.449 e. The summed E-state index contributed by atoms with van der Waals surface area (Å²) in [7, 11) is 0. The summed E-state index contributed by atoms with van der Waals surface area (Å²) in [6.45, 7) is 3.06. The number of benzene rings is 2. The topological polar surface area (TPSA) is 84.5 Å². The molecule has 0 aliphatic rings. The molecule has 2 N–H and O–H groups in total. The predicted molar refractivity (Wildman–Crippen MR) is 93.8 cm³/mol. The van der Waals surface area contributed by atoms with Crippen LogP contribution in [0.15, 0.2) is 42.5 Å². The van der Waals surface area contributed by atoms with E-state index in [4.69, 9.17) is 4.74 Å². The van der Waals surface area contributed by atoms with Crippen molar-refractivity contribution in [2.24, 2.45) is 0 Å². The molecular weight excluding hydrogens is 358 g/mol. The first-order valence-electron chi connectivity index (χ1n) is 8.06. The summed E-state index contributed by atoms with van der Waals surface area (Å²) in [6, 6.07) is 9.00. The van der Waals surface area contributed by atoms with Gasteiger partial charge in [0.2, 0.25) is 5.91 Å². The highest BCUT2D eigenvalue weighted by molar-refractivity contribution is 5.97. The van der Waals surface area contributed by atoms with Gasteiger partial charge in [0, 0.05) is 19.5 Å². The molecule has 0 fully saturated rings. The molecule has 0 aliphatic heterocycles. The monoisotopic (exact) mass is 376 g/mol. The van der Waals surface area contributed by atoms with Crippen molar-refractivity contribution < 1.29 is 27.9 Å². The molecule has 142 valence electrons. The molecule has 1 unspecified atom stereocenters. The first-order chi connectivity index (χ1) is 12.8. The van der Waals surface area contributed by atoms with E-state index < -0.39 is 29.6 Å². The minimum atomic E-state index is -1.19. The second-order valence-corrected chi connectivity index (χ2v) is 5.77. The summed E-state index contributed by atoms with van der Waals surface area (Å²) in [5, 5.41) is 4.86. The molecule has 2 aromatic rings. The Kier molecular flexibility index (Phi) is 6.59. The Morgan fingerprint density at radius 2 is 1.74 bits per heavy atom. The smallest absolute Gasteiger partial charge is 0.338 e. The molecule has 8 heteroatoms. The second kappa shape index (κ2) is 8.88. The molecule has 0 bridgehead atoms. The maximum absolute atomic E-state index is 13.6. The van der Waals surface area contributed by atoms with E-state index in [1.165, 1.54) is 26.0 Å². The fraction of sp³-hybridized carbons (Fsp3) is 0.211. The molecule has 0 radical (unpaired) electrons. The lowest BCUT2D eigenvalue weighted by atomic mass is 10.1. The lowest BCUT2D eigenvalue weighted by Crippen LogP contribution is -2.30. The summed E-state index contributed by atoms with van der Waals surface area (Å²) < 4.78 is 31.5. The SMILES string of the molecule is CC(=O)NCc1ccc(C(=O)OC(C)C(=O)Nc2ccc(F)cc2F)cc1. The van der Waals surface area contributed by atoms with E-state index in [-0.39, 0.29) is 17.2 Å². The highest BCUT2D eigenvalue weighted by Crippen LogP contribution is 2.16. The molecule has 27 heavy (non-hydrogen) atoms. The normalized spacial score (nSPS) is 11.4. The number of esters is 1. The van der Waals surface area contributed by atoms with Crippen molar-refractivity contribution in [1.82, 2.24) is 5.32 Å². The molecule has 0 aliphatic carbocycles. The van der Waals surface area contributed by atoms with Crippen LogP contribution >= 0.6 is 0 Å².